The van der Waals surface area contributed by atoms with E-state index < -0.39 is 0 Å². The first-order chi connectivity index (χ1) is 16.3. The quantitative estimate of drug-likeness (QED) is 0.245. The fourth-order valence-electron chi connectivity index (χ4n) is 4.21. The molecule has 4 rings (SSSR count). The van der Waals surface area contributed by atoms with Crippen molar-refractivity contribution in [2.24, 2.45) is 0 Å². The number of hydrogen-bond acceptors (Lipinski definition) is 4. The van der Waals surface area contributed by atoms with Gasteiger partial charge in [0.1, 0.15) is 11.3 Å². The number of rotatable bonds is 6. The molecule has 0 aliphatic heterocycles. The molecule has 1 aromatic carbocycles. The molecule has 0 atom stereocenters. The fraction of sp³-hybridized carbons (Fsp3) is 0.462. The van der Waals surface area contributed by atoms with Gasteiger partial charge in [-0.2, -0.15) is 0 Å². The number of hydrogen-bond donors (Lipinski definition) is 2. The van der Waals surface area contributed by atoms with Crippen molar-refractivity contribution in [1.29, 1.82) is 0 Å². The Morgan fingerprint density at radius 2 is 1.94 bits per heavy atom. The first kappa shape index (κ1) is 28.7. The van der Waals surface area contributed by atoms with Gasteiger partial charge in [0.2, 0.25) is 12.3 Å². The standard InChI is InChI=1S/C17H17FN4O.C9H17NO.HI.2H2/c1-10(2)22-8-20-17-14(18)4-12(5-15(17)22)13-6-16(21-9-23)19-7-11(13)3;1-2-9(11)10-8-6-4-3-5-7-8;;;/h4-10H,1-3H3,(H,19,21,23);8H,2-7H2,1H3,(H,10,11);3*1H. The predicted molar refractivity (Wildman–Crippen MR) is 153 cm³/mol. The number of carbonyl (C=O) groups excluding carboxylic acids is 2. The molecular weight excluding hydrogens is 560 g/mol. The summed E-state index contributed by atoms with van der Waals surface area (Å²) < 4.78 is 16.4. The Morgan fingerprint density at radius 1 is 1.23 bits per heavy atom. The monoisotopic (exact) mass is 599 g/mol. The summed E-state index contributed by atoms with van der Waals surface area (Å²) in [5.74, 6) is 0.272. The van der Waals surface area contributed by atoms with E-state index in [2.05, 4.69) is 20.6 Å². The zero-order chi connectivity index (χ0) is 24.7. The van der Waals surface area contributed by atoms with Crippen LogP contribution in [-0.2, 0) is 9.59 Å². The van der Waals surface area contributed by atoms with Crippen LogP contribution in [0.1, 0.15) is 73.8 Å². The molecule has 2 aromatic heterocycles. The molecule has 0 unspecified atom stereocenters. The summed E-state index contributed by atoms with van der Waals surface area (Å²) in [6.45, 7) is 7.85. The minimum absolute atomic E-state index is 0. The molecule has 0 spiro atoms. The van der Waals surface area contributed by atoms with Crippen LogP contribution in [0.2, 0.25) is 0 Å². The molecule has 1 aliphatic rings. The highest BCUT2D eigenvalue weighted by Crippen LogP contribution is 2.30. The largest absolute Gasteiger partial charge is 0.353 e. The number of aryl methyl sites for hydroxylation is 1. The number of nitrogens with one attached hydrogen (secondary N) is 2. The highest BCUT2D eigenvalue weighted by Gasteiger charge is 2.15. The van der Waals surface area contributed by atoms with Crippen LogP contribution in [0.5, 0.6) is 0 Å². The lowest BCUT2D eigenvalue weighted by Crippen LogP contribution is -2.35. The lowest BCUT2D eigenvalue weighted by Gasteiger charge is -2.22. The summed E-state index contributed by atoms with van der Waals surface area (Å²) in [6.07, 6.45) is 10.8. The summed E-state index contributed by atoms with van der Waals surface area (Å²) in [6, 6.07) is 5.78. The first-order valence-electron chi connectivity index (χ1n) is 12.0. The number of anilines is 1. The number of fused-ring (bicyclic) bond motifs is 1. The van der Waals surface area contributed by atoms with Crippen molar-refractivity contribution in [3.63, 3.8) is 0 Å². The van der Waals surface area contributed by atoms with E-state index in [1.165, 1.54) is 38.2 Å². The van der Waals surface area contributed by atoms with E-state index in [-0.39, 0.29) is 44.6 Å². The van der Waals surface area contributed by atoms with Crippen molar-refractivity contribution in [2.45, 2.75) is 78.3 Å². The lowest BCUT2D eigenvalue weighted by atomic mass is 9.95. The summed E-state index contributed by atoms with van der Waals surface area (Å²) in [5, 5.41) is 5.55. The number of pyridine rings is 1. The maximum atomic E-state index is 14.4. The highest BCUT2D eigenvalue weighted by molar-refractivity contribution is 14.0. The molecule has 1 saturated carbocycles. The van der Waals surface area contributed by atoms with E-state index in [9.17, 15) is 14.0 Å². The Morgan fingerprint density at radius 3 is 2.57 bits per heavy atom. The third kappa shape index (κ3) is 7.46. The van der Waals surface area contributed by atoms with Gasteiger partial charge in [-0.25, -0.2) is 14.4 Å². The number of aromatic nitrogens is 3. The predicted octanol–water partition coefficient (Wildman–Crippen LogP) is 6.65. The second-order valence-corrected chi connectivity index (χ2v) is 8.97. The molecule has 7 nitrogen and oxygen atoms in total. The van der Waals surface area contributed by atoms with E-state index in [0.29, 0.717) is 30.2 Å². The zero-order valence-electron chi connectivity index (χ0n) is 20.8. The topological polar surface area (TPSA) is 88.9 Å². The molecule has 1 fully saturated rings. The van der Waals surface area contributed by atoms with Crippen LogP contribution in [0.15, 0.2) is 30.7 Å². The molecular formula is C26H39FIN5O2. The number of halogens is 2. The first-order valence-corrected chi connectivity index (χ1v) is 12.0. The van der Waals surface area contributed by atoms with Crippen LogP contribution in [0, 0.1) is 12.7 Å². The smallest absolute Gasteiger partial charge is 0.219 e. The number of nitrogens with zero attached hydrogens (tertiary/aromatic N) is 3. The van der Waals surface area contributed by atoms with Crippen LogP contribution in [0.3, 0.4) is 0 Å². The van der Waals surface area contributed by atoms with Gasteiger partial charge in [-0.05, 0) is 68.5 Å². The SMILES string of the molecule is CCC(=O)NC1CCCCC1.Cc1cnc(NC=O)cc1-c1cc(F)c2ncn(C(C)C)c2c1.I.[HH].[HH]. The van der Waals surface area contributed by atoms with Gasteiger partial charge in [-0.15, -0.1) is 24.0 Å². The number of carbonyl (C=O) groups is 2. The molecule has 1 aliphatic carbocycles. The van der Waals surface area contributed by atoms with E-state index in [4.69, 9.17) is 0 Å². The molecule has 0 saturated heterocycles. The zero-order valence-corrected chi connectivity index (χ0v) is 23.1. The van der Waals surface area contributed by atoms with Crippen LogP contribution < -0.4 is 10.6 Å². The van der Waals surface area contributed by atoms with Crippen LogP contribution >= 0.6 is 24.0 Å². The van der Waals surface area contributed by atoms with Crippen molar-refractivity contribution < 1.29 is 16.8 Å². The third-order valence-corrected chi connectivity index (χ3v) is 6.10. The molecule has 3 aromatic rings. The average molecular weight is 600 g/mol. The maximum absolute atomic E-state index is 14.4. The molecule has 2 heterocycles. The molecule has 0 radical (unpaired) electrons. The Labute approximate surface area is 226 Å². The van der Waals surface area contributed by atoms with Gasteiger partial charge < -0.3 is 15.2 Å². The van der Waals surface area contributed by atoms with E-state index in [0.717, 1.165) is 22.2 Å². The van der Waals surface area contributed by atoms with Crippen LogP contribution in [0.25, 0.3) is 22.2 Å². The van der Waals surface area contributed by atoms with E-state index >= 15 is 0 Å². The van der Waals surface area contributed by atoms with Crippen molar-refractivity contribution in [2.75, 3.05) is 5.32 Å². The van der Waals surface area contributed by atoms with Crippen molar-refractivity contribution >= 4 is 53.1 Å². The van der Waals surface area contributed by atoms with Crippen molar-refractivity contribution in [3.05, 3.63) is 42.1 Å². The normalized spacial score (nSPS) is 13.5. The second kappa shape index (κ2) is 13.5. The van der Waals surface area contributed by atoms with Crippen LogP contribution in [0.4, 0.5) is 10.2 Å². The second-order valence-electron chi connectivity index (χ2n) is 8.97. The summed E-state index contributed by atoms with van der Waals surface area (Å²) in [5.41, 5.74) is 3.56. The Kier molecular flexibility index (Phi) is 11.1. The number of imidazole rings is 1. The summed E-state index contributed by atoms with van der Waals surface area (Å²) in [7, 11) is 0. The van der Waals surface area contributed by atoms with Gasteiger partial charge in [0, 0.05) is 27.6 Å². The molecule has 194 valence electrons. The van der Waals surface area contributed by atoms with Crippen LogP contribution in [-0.4, -0.2) is 32.9 Å². The fourth-order valence-corrected chi connectivity index (χ4v) is 4.21. The Hall–Kier alpha value is -2.56. The van der Waals surface area contributed by atoms with Gasteiger partial charge in [-0.1, -0.05) is 26.2 Å². The van der Waals surface area contributed by atoms with Gasteiger partial charge in [-0.3, -0.25) is 9.59 Å². The van der Waals surface area contributed by atoms with Crippen molar-refractivity contribution in [3.8, 4) is 11.1 Å². The lowest BCUT2D eigenvalue weighted by molar-refractivity contribution is -0.121. The molecule has 35 heavy (non-hydrogen) atoms. The molecule has 0 bridgehead atoms. The molecule has 9 heteroatoms. The third-order valence-electron chi connectivity index (χ3n) is 6.10. The Balaban J connectivity index is 0.000000795. The average Bonchev–Trinajstić information content (AvgIpc) is 3.26. The van der Waals surface area contributed by atoms with Gasteiger partial charge in [0.25, 0.3) is 0 Å². The summed E-state index contributed by atoms with van der Waals surface area (Å²) >= 11 is 0. The maximum Gasteiger partial charge on any atom is 0.219 e. The van der Waals surface area contributed by atoms with E-state index in [1.54, 1.807) is 18.6 Å². The molecule has 2 amide bonds. The Bertz CT molecular complexity index is 1150. The summed E-state index contributed by atoms with van der Waals surface area (Å²) in [4.78, 5) is 29.8. The number of benzene rings is 1. The van der Waals surface area contributed by atoms with Crippen molar-refractivity contribution in [1.82, 2.24) is 19.9 Å². The van der Waals surface area contributed by atoms with Gasteiger partial charge in [0.15, 0.2) is 5.82 Å². The van der Waals surface area contributed by atoms with E-state index in [1.807, 2.05) is 38.3 Å². The van der Waals surface area contributed by atoms with Gasteiger partial charge >= 0.3 is 0 Å². The minimum atomic E-state index is -0.363. The number of amides is 2. The highest BCUT2D eigenvalue weighted by atomic mass is 127. The minimum Gasteiger partial charge on any atom is -0.353 e. The van der Waals surface area contributed by atoms with Gasteiger partial charge in [0.05, 0.1) is 11.8 Å². The molecule has 2 N–H and O–H groups in total.